The normalized spacial score (nSPS) is 12.8. The Hall–Kier alpha value is -1.93. The molecule has 1 atom stereocenters. The van der Waals surface area contributed by atoms with Gasteiger partial charge in [0.25, 0.3) is 15.9 Å². The fraction of sp³-hybridized carbons (Fsp3) is 0.375. The second-order valence-electron chi connectivity index (χ2n) is 9.38. The first-order chi connectivity index (χ1) is 17.9. The largest absolute Gasteiger partial charge is 0.478 e. The van der Waals surface area contributed by atoms with Crippen molar-refractivity contribution in [3.63, 3.8) is 0 Å². The number of anilines is 1. The van der Waals surface area contributed by atoms with Gasteiger partial charge in [-0.1, -0.05) is 35.3 Å². The summed E-state index contributed by atoms with van der Waals surface area (Å²) in [5, 5.41) is 10.8. The maximum atomic E-state index is 13.8. The van der Waals surface area contributed by atoms with Gasteiger partial charge in [-0.15, -0.1) is 25.9 Å². The van der Waals surface area contributed by atoms with Gasteiger partial charge in [0.05, 0.1) is 29.0 Å². The SMILES string of the molecule is COc1nc(SCC(O)c2ccccn2)cnc1N(COCC[Si-](C)(C)C)S(=O)(=O)c1cccc(Cl)c1Cl. The number of nitrogens with zero attached hydrogens (tertiary/aromatic N) is 4. The van der Waals surface area contributed by atoms with Gasteiger partial charge >= 0.3 is 0 Å². The highest BCUT2D eigenvalue weighted by molar-refractivity contribution is 7.99. The van der Waals surface area contributed by atoms with Crippen LogP contribution in [0.3, 0.4) is 0 Å². The van der Waals surface area contributed by atoms with Gasteiger partial charge in [0.15, 0.2) is 0 Å². The molecule has 0 radical (unpaired) electrons. The molecule has 0 spiro atoms. The fourth-order valence-electron chi connectivity index (χ4n) is 3.12. The monoisotopic (exact) mass is 616 g/mol. The third kappa shape index (κ3) is 8.04. The van der Waals surface area contributed by atoms with E-state index in [1.807, 2.05) is 0 Å². The molecule has 0 fully saturated rings. The summed E-state index contributed by atoms with van der Waals surface area (Å²) in [4.78, 5) is 12.8. The maximum absolute atomic E-state index is 13.8. The molecule has 38 heavy (non-hydrogen) atoms. The van der Waals surface area contributed by atoms with Crippen LogP contribution in [-0.2, 0) is 14.8 Å². The molecule has 1 unspecified atom stereocenters. The van der Waals surface area contributed by atoms with Gasteiger partial charge in [-0.05, 0) is 24.3 Å². The van der Waals surface area contributed by atoms with Gasteiger partial charge in [-0.2, -0.15) is 19.6 Å². The molecule has 0 amide bonds. The number of aliphatic hydroxyl groups is 1. The van der Waals surface area contributed by atoms with Crippen LogP contribution in [0, 0.1) is 0 Å². The molecule has 14 heteroatoms. The number of ether oxygens (including phenoxy) is 2. The molecule has 0 saturated carbocycles. The molecule has 1 aromatic carbocycles. The first-order valence-electron chi connectivity index (χ1n) is 11.6. The van der Waals surface area contributed by atoms with E-state index in [1.165, 1.54) is 43.3 Å². The number of benzene rings is 1. The summed E-state index contributed by atoms with van der Waals surface area (Å²) in [7, 11) is -4.31. The van der Waals surface area contributed by atoms with Gasteiger partial charge in [-0.3, -0.25) is 4.98 Å². The molecule has 0 aliphatic heterocycles. The molecule has 2 heterocycles. The highest BCUT2D eigenvalue weighted by Crippen LogP contribution is 2.36. The van der Waals surface area contributed by atoms with Crippen molar-refractivity contribution in [2.24, 2.45) is 0 Å². The summed E-state index contributed by atoms with van der Waals surface area (Å²) in [5.74, 6) is 0.165. The van der Waals surface area contributed by atoms with E-state index in [-0.39, 0.29) is 39.1 Å². The molecule has 0 aliphatic rings. The molecule has 2 aromatic heterocycles. The average Bonchev–Trinajstić information content (AvgIpc) is 2.88. The number of hydrogen-bond acceptors (Lipinski definition) is 9. The van der Waals surface area contributed by atoms with Crippen molar-refractivity contribution < 1.29 is 23.0 Å². The van der Waals surface area contributed by atoms with Crippen LogP contribution in [0.2, 0.25) is 35.7 Å². The number of hydrogen-bond donors (Lipinski definition) is 1. The van der Waals surface area contributed by atoms with Crippen molar-refractivity contribution in [1.82, 2.24) is 15.0 Å². The van der Waals surface area contributed by atoms with Crippen LogP contribution in [0.15, 0.2) is 58.7 Å². The number of aromatic nitrogens is 3. The van der Waals surface area contributed by atoms with Crippen LogP contribution >= 0.6 is 35.0 Å². The smallest absolute Gasteiger partial charge is 0.269 e. The van der Waals surface area contributed by atoms with Crippen molar-refractivity contribution >= 4 is 58.9 Å². The standard InChI is InChI=1S/C24H30Cl2N4O5S2Si/c1-34-24-23(28-14-21(29-24)36-15-19(31)18-9-5-6-11-27-18)30(16-35-12-13-38(2,3)4)37(32,33)20-10-7-8-17(25)22(20)26/h5-11,14,19,31H,12-13,15-16H2,1-4H3/q-1. The Balaban J connectivity index is 1.91. The van der Waals surface area contributed by atoms with Crippen molar-refractivity contribution in [2.75, 3.05) is 30.5 Å². The molecule has 0 bridgehead atoms. The van der Waals surface area contributed by atoms with E-state index in [4.69, 9.17) is 32.7 Å². The van der Waals surface area contributed by atoms with Gasteiger partial charge < -0.3 is 14.6 Å². The Morgan fingerprint density at radius 3 is 2.55 bits per heavy atom. The number of halogens is 2. The first kappa shape index (κ1) is 30.6. The second kappa shape index (κ2) is 13.4. The molecular formula is C24H30Cl2N4O5S2Si-. The lowest BCUT2D eigenvalue weighted by Gasteiger charge is -2.29. The lowest BCUT2D eigenvalue weighted by atomic mass is 10.2. The van der Waals surface area contributed by atoms with E-state index in [9.17, 15) is 13.5 Å². The summed E-state index contributed by atoms with van der Waals surface area (Å²) < 4.78 is 39.7. The van der Waals surface area contributed by atoms with Crippen molar-refractivity contribution in [3.8, 4) is 5.88 Å². The van der Waals surface area contributed by atoms with Crippen LogP contribution < -0.4 is 9.04 Å². The summed E-state index contributed by atoms with van der Waals surface area (Å²) in [5.41, 5.74) is 0.530. The summed E-state index contributed by atoms with van der Waals surface area (Å²) in [6, 6.07) is 10.5. The molecule has 3 aromatic rings. The van der Waals surface area contributed by atoms with Crippen LogP contribution in [0.5, 0.6) is 5.88 Å². The first-order valence-corrected chi connectivity index (χ1v) is 18.5. The number of thioether (sulfide) groups is 1. The van der Waals surface area contributed by atoms with Gasteiger partial charge in [0.1, 0.15) is 22.8 Å². The summed E-state index contributed by atoms with van der Waals surface area (Å²) in [6.07, 6.45) is 2.20. The summed E-state index contributed by atoms with van der Waals surface area (Å²) >= 11 is 13.6. The Morgan fingerprint density at radius 1 is 1.13 bits per heavy atom. The van der Waals surface area contributed by atoms with Crippen molar-refractivity contribution in [1.29, 1.82) is 0 Å². The van der Waals surface area contributed by atoms with Gasteiger partial charge in [-0.25, -0.2) is 22.7 Å². The van der Waals surface area contributed by atoms with Crippen LogP contribution in [-0.4, -0.2) is 62.8 Å². The number of sulfonamides is 1. The topological polar surface area (TPSA) is 115 Å². The quantitative estimate of drug-likeness (QED) is 0.115. The average molecular weight is 618 g/mol. The summed E-state index contributed by atoms with van der Waals surface area (Å²) in [6.45, 7) is 6.65. The maximum Gasteiger partial charge on any atom is 0.269 e. The Bertz CT molecular complexity index is 1330. The van der Waals surface area contributed by atoms with Crippen molar-refractivity contribution in [3.05, 3.63) is 64.5 Å². The minimum Gasteiger partial charge on any atom is -0.478 e. The number of aliphatic hydroxyl groups excluding tert-OH is 1. The van der Waals surface area contributed by atoms with Crippen LogP contribution in [0.25, 0.3) is 0 Å². The van der Waals surface area contributed by atoms with Crippen LogP contribution in [0.1, 0.15) is 11.8 Å². The van der Waals surface area contributed by atoms with Gasteiger partial charge in [0, 0.05) is 18.6 Å². The Labute approximate surface area is 238 Å². The number of methoxy groups -OCH3 is 1. The molecule has 9 nitrogen and oxygen atoms in total. The lowest BCUT2D eigenvalue weighted by molar-refractivity contribution is 0.155. The zero-order valence-electron chi connectivity index (χ0n) is 21.5. The third-order valence-corrected chi connectivity index (χ3v) is 10.6. The lowest BCUT2D eigenvalue weighted by Crippen LogP contribution is -2.35. The van der Waals surface area contributed by atoms with E-state index in [0.29, 0.717) is 17.3 Å². The zero-order chi connectivity index (χ0) is 27.9. The van der Waals surface area contributed by atoms with E-state index >= 15 is 0 Å². The predicted molar refractivity (Wildman–Crippen MR) is 154 cm³/mol. The number of rotatable bonds is 13. The van der Waals surface area contributed by atoms with E-state index in [0.717, 1.165) is 10.3 Å². The Morgan fingerprint density at radius 2 is 1.89 bits per heavy atom. The fourth-order valence-corrected chi connectivity index (χ4v) is 6.69. The molecule has 3 rings (SSSR count). The number of pyridine rings is 1. The second-order valence-corrected chi connectivity index (χ2v) is 18.7. The third-order valence-electron chi connectivity index (χ3n) is 5.24. The predicted octanol–water partition coefficient (Wildman–Crippen LogP) is 5.52. The minimum atomic E-state index is -4.26. The highest BCUT2D eigenvalue weighted by Gasteiger charge is 2.32. The van der Waals surface area contributed by atoms with E-state index in [2.05, 4.69) is 34.6 Å². The molecule has 1 N–H and O–H groups in total. The van der Waals surface area contributed by atoms with Crippen LogP contribution in [0.4, 0.5) is 5.82 Å². The molecule has 0 aliphatic carbocycles. The highest BCUT2D eigenvalue weighted by atomic mass is 35.5. The Kier molecular flexibility index (Phi) is 10.8. The van der Waals surface area contributed by atoms with E-state index < -0.39 is 24.2 Å². The van der Waals surface area contributed by atoms with E-state index in [1.54, 1.807) is 24.4 Å². The zero-order valence-corrected chi connectivity index (χ0v) is 25.6. The van der Waals surface area contributed by atoms with Gasteiger partial charge in [0.2, 0.25) is 5.82 Å². The molecular weight excluding hydrogens is 587 g/mol. The molecule has 207 valence electrons. The van der Waals surface area contributed by atoms with Crippen molar-refractivity contribution in [2.45, 2.75) is 41.7 Å². The minimum absolute atomic E-state index is 0.0298. The molecule has 0 saturated heterocycles.